The molecular weight excluding hydrogens is 421 g/mol. The Kier molecular flexibility index (Phi) is 6.73. The molecule has 5 nitrogen and oxygen atoms in total. The predicted molar refractivity (Wildman–Crippen MR) is 111 cm³/mol. The second-order valence-electron chi connectivity index (χ2n) is 5.83. The van der Waals surface area contributed by atoms with Crippen molar-refractivity contribution in [3.05, 3.63) is 81.2 Å². The lowest BCUT2D eigenvalue weighted by molar-refractivity contribution is -0.134. The molecule has 144 valence electrons. The molecule has 1 aromatic carbocycles. The van der Waals surface area contributed by atoms with Crippen LogP contribution in [-0.4, -0.2) is 15.9 Å². The van der Waals surface area contributed by atoms with Crippen molar-refractivity contribution in [3.63, 3.8) is 0 Å². The second kappa shape index (κ2) is 9.24. The number of hydrogen-bond acceptors (Lipinski definition) is 5. The van der Waals surface area contributed by atoms with Crippen LogP contribution in [-0.2, 0) is 4.79 Å². The van der Waals surface area contributed by atoms with Gasteiger partial charge in [-0.3, -0.25) is 9.78 Å². The van der Waals surface area contributed by atoms with Crippen molar-refractivity contribution in [2.75, 3.05) is 5.32 Å². The fraction of sp³-hybridized carbons (Fsp3) is 0.150. The number of pyridine rings is 2. The van der Waals surface area contributed by atoms with Crippen molar-refractivity contribution in [2.24, 2.45) is 0 Å². The summed E-state index contributed by atoms with van der Waals surface area (Å²) in [5.41, 5.74) is 1.20. The number of aromatic nitrogens is 2. The summed E-state index contributed by atoms with van der Waals surface area (Å²) < 4.78 is 5.51. The quantitative estimate of drug-likeness (QED) is 0.382. The lowest BCUT2D eigenvalue weighted by Gasteiger charge is -2.23. The van der Waals surface area contributed by atoms with Gasteiger partial charge in [0.25, 0.3) is 0 Å². The van der Waals surface area contributed by atoms with Gasteiger partial charge in [0.15, 0.2) is 0 Å². The van der Waals surface area contributed by atoms with Crippen LogP contribution >= 0.6 is 34.8 Å². The number of rotatable bonds is 6. The van der Waals surface area contributed by atoms with E-state index in [1.807, 2.05) is 12.1 Å². The molecule has 0 saturated heterocycles. The van der Waals surface area contributed by atoms with E-state index in [4.69, 9.17) is 39.5 Å². The van der Waals surface area contributed by atoms with Gasteiger partial charge in [-0.1, -0.05) is 47.8 Å². The number of nitrogens with zero attached hydrogens (tertiary/aromatic N) is 2. The molecular formula is C20H16Cl3N3O2. The third-order valence-corrected chi connectivity index (χ3v) is 4.97. The van der Waals surface area contributed by atoms with Crippen LogP contribution in [0.2, 0.25) is 15.1 Å². The molecule has 0 saturated carbocycles. The first-order valence-corrected chi connectivity index (χ1v) is 9.59. The fourth-order valence-electron chi connectivity index (χ4n) is 2.59. The first kappa shape index (κ1) is 20.4. The summed E-state index contributed by atoms with van der Waals surface area (Å²) in [6, 6.07) is 9.90. The van der Waals surface area contributed by atoms with Gasteiger partial charge in [0.1, 0.15) is 11.6 Å². The molecule has 0 fully saturated rings. The lowest BCUT2D eigenvalue weighted by atomic mass is 9.98. The van der Waals surface area contributed by atoms with Crippen LogP contribution in [0.25, 0.3) is 0 Å². The number of benzene rings is 1. The maximum absolute atomic E-state index is 11.9. The smallest absolute Gasteiger partial charge is 0.310 e. The number of esters is 1. The number of carbonyl (C=O) groups excluding carboxylic acids is 1. The first-order valence-electron chi connectivity index (χ1n) is 8.46. The van der Waals surface area contributed by atoms with E-state index in [9.17, 15) is 4.79 Å². The van der Waals surface area contributed by atoms with Crippen LogP contribution in [0.15, 0.2) is 55.0 Å². The molecule has 3 aromatic rings. The van der Waals surface area contributed by atoms with Gasteiger partial charge in [-0.05, 0) is 30.3 Å². The molecule has 1 N–H and O–H groups in total. The Morgan fingerprint density at radius 1 is 1.14 bits per heavy atom. The van der Waals surface area contributed by atoms with Gasteiger partial charge in [0.2, 0.25) is 0 Å². The Morgan fingerprint density at radius 2 is 1.96 bits per heavy atom. The van der Waals surface area contributed by atoms with E-state index < -0.39 is 6.04 Å². The van der Waals surface area contributed by atoms with E-state index in [1.54, 1.807) is 43.6 Å². The highest BCUT2D eigenvalue weighted by molar-refractivity contribution is 6.42. The molecule has 1 unspecified atom stereocenters. The van der Waals surface area contributed by atoms with E-state index in [0.717, 1.165) is 0 Å². The molecule has 0 radical (unpaired) electrons. The van der Waals surface area contributed by atoms with Crippen molar-refractivity contribution < 1.29 is 9.53 Å². The summed E-state index contributed by atoms with van der Waals surface area (Å²) in [4.78, 5) is 20.4. The summed E-state index contributed by atoms with van der Waals surface area (Å²) in [5.74, 6) is 0.590. The van der Waals surface area contributed by atoms with E-state index in [2.05, 4.69) is 15.3 Å². The van der Waals surface area contributed by atoms with Crippen LogP contribution in [0.3, 0.4) is 0 Å². The van der Waals surface area contributed by atoms with Crippen molar-refractivity contribution in [2.45, 2.75) is 19.4 Å². The SMILES string of the molecule is CCC(=O)Oc1ccc(Cl)cc1C(Nc1ccccn1)c1cncc(Cl)c1Cl. The molecule has 3 rings (SSSR count). The molecule has 0 aliphatic heterocycles. The number of carbonyl (C=O) groups is 1. The molecule has 0 spiro atoms. The minimum atomic E-state index is -0.563. The summed E-state index contributed by atoms with van der Waals surface area (Å²) >= 11 is 18.9. The molecule has 2 aromatic heterocycles. The maximum Gasteiger partial charge on any atom is 0.310 e. The Bertz CT molecular complexity index is 984. The third-order valence-electron chi connectivity index (χ3n) is 3.93. The fourth-order valence-corrected chi connectivity index (χ4v) is 3.14. The zero-order chi connectivity index (χ0) is 20.1. The van der Waals surface area contributed by atoms with E-state index >= 15 is 0 Å². The molecule has 8 heteroatoms. The van der Waals surface area contributed by atoms with Crippen LogP contribution in [0.1, 0.15) is 30.5 Å². The average molecular weight is 437 g/mol. The van der Waals surface area contributed by atoms with Crippen LogP contribution in [0.4, 0.5) is 5.82 Å². The Hall–Kier alpha value is -2.34. The first-order chi connectivity index (χ1) is 13.5. The molecule has 0 bridgehead atoms. The van der Waals surface area contributed by atoms with E-state index in [-0.39, 0.29) is 12.4 Å². The van der Waals surface area contributed by atoms with Crippen LogP contribution < -0.4 is 10.1 Å². The van der Waals surface area contributed by atoms with Gasteiger partial charge < -0.3 is 10.1 Å². The Morgan fingerprint density at radius 3 is 2.68 bits per heavy atom. The Balaban J connectivity index is 2.15. The minimum Gasteiger partial charge on any atom is -0.426 e. The van der Waals surface area contributed by atoms with Gasteiger partial charge in [-0.25, -0.2) is 4.98 Å². The van der Waals surface area contributed by atoms with Crippen LogP contribution in [0.5, 0.6) is 5.75 Å². The second-order valence-corrected chi connectivity index (χ2v) is 7.05. The largest absolute Gasteiger partial charge is 0.426 e. The van der Waals surface area contributed by atoms with Crippen molar-refractivity contribution in [1.82, 2.24) is 9.97 Å². The molecule has 2 heterocycles. The molecule has 28 heavy (non-hydrogen) atoms. The van der Waals surface area contributed by atoms with Crippen molar-refractivity contribution in [3.8, 4) is 5.75 Å². The van der Waals surface area contributed by atoms with Gasteiger partial charge in [-0.2, -0.15) is 0 Å². The van der Waals surface area contributed by atoms with Gasteiger partial charge >= 0.3 is 5.97 Å². The molecule has 0 amide bonds. The average Bonchev–Trinajstić information content (AvgIpc) is 2.70. The summed E-state index contributed by atoms with van der Waals surface area (Å²) in [6.07, 6.45) is 4.95. The van der Waals surface area contributed by atoms with Gasteiger partial charge in [0, 0.05) is 41.2 Å². The van der Waals surface area contributed by atoms with Crippen molar-refractivity contribution >= 4 is 46.6 Å². The van der Waals surface area contributed by atoms with Crippen molar-refractivity contribution in [1.29, 1.82) is 0 Å². The number of nitrogens with one attached hydrogen (secondary N) is 1. The summed E-state index contributed by atoms with van der Waals surface area (Å²) in [7, 11) is 0. The normalized spacial score (nSPS) is 11.7. The minimum absolute atomic E-state index is 0.236. The molecule has 0 aliphatic carbocycles. The number of ether oxygens (including phenoxy) is 1. The van der Waals surface area contributed by atoms with Gasteiger partial charge in [0.05, 0.1) is 16.1 Å². The van der Waals surface area contributed by atoms with E-state index in [1.165, 1.54) is 6.20 Å². The van der Waals surface area contributed by atoms with Gasteiger partial charge in [-0.15, -0.1) is 0 Å². The lowest BCUT2D eigenvalue weighted by Crippen LogP contribution is -2.17. The van der Waals surface area contributed by atoms with Crippen LogP contribution in [0, 0.1) is 0 Å². The standard InChI is InChI=1S/C20H16Cl3N3O2/c1-2-18(27)28-16-7-6-12(21)9-13(16)20(26-17-5-3-4-8-25-17)14-10-24-11-15(22)19(14)23/h3-11,20H,2H2,1H3,(H,25,26). The highest BCUT2D eigenvalue weighted by Gasteiger charge is 2.24. The molecule has 1 atom stereocenters. The molecule has 0 aliphatic rings. The number of anilines is 1. The zero-order valence-electron chi connectivity index (χ0n) is 14.8. The number of halogens is 3. The maximum atomic E-state index is 11.9. The van der Waals surface area contributed by atoms with E-state index in [0.29, 0.717) is 37.8 Å². The number of hydrogen-bond donors (Lipinski definition) is 1. The third kappa shape index (κ3) is 4.73. The zero-order valence-corrected chi connectivity index (χ0v) is 17.1. The highest BCUT2D eigenvalue weighted by atomic mass is 35.5. The summed E-state index contributed by atoms with van der Waals surface area (Å²) in [5, 5.41) is 4.41. The monoisotopic (exact) mass is 435 g/mol. The predicted octanol–water partition coefficient (Wildman–Crippen LogP) is 5.95. The summed E-state index contributed by atoms with van der Waals surface area (Å²) in [6.45, 7) is 1.72. The topological polar surface area (TPSA) is 64.1 Å². The highest BCUT2D eigenvalue weighted by Crippen LogP contribution is 2.39. The Labute approximate surface area is 177 Å².